The number of fused-ring (bicyclic) bond motifs is 1. The van der Waals surface area contributed by atoms with Crippen LogP contribution in [0.3, 0.4) is 0 Å². The van der Waals surface area contributed by atoms with E-state index in [1.807, 2.05) is 11.6 Å². The van der Waals surface area contributed by atoms with Gasteiger partial charge in [-0.15, -0.1) is 0 Å². The topological polar surface area (TPSA) is 97.9 Å². The fourth-order valence-corrected chi connectivity index (χ4v) is 2.46. The van der Waals surface area contributed by atoms with Crippen molar-refractivity contribution < 1.29 is 9.32 Å². The number of anilines is 1. The highest BCUT2D eigenvalue weighted by atomic mass is 16.5. The number of hydrogen-bond donors (Lipinski definition) is 2. The summed E-state index contributed by atoms with van der Waals surface area (Å²) >= 11 is 0. The summed E-state index contributed by atoms with van der Waals surface area (Å²) in [6, 6.07) is 1.57. The number of nitrogens with one attached hydrogen (secondary N) is 2. The second kappa shape index (κ2) is 5.65. The number of carbonyl (C=O) groups is 1. The molecule has 2 atom stereocenters. The molecule has 1 amide bonds. The summed E-state index contributed by atoms with van der Waals surface area (Å²) in [6.45, 7) is 4.34. The zero-order chi connectivity index (χ0) is 14.8. The molecule has 0 saturated heterocycles. The normalized spacial score (nSPS) is 19.0. The molecule has 0 saturated carbocycles. The maximum absolute atomic E-state index is 12.1. The van der Waals surface area contributed by atoms with Crippen LogP contribution in [0.4, 0.5) is 5.82 Å². The van der Waals surface area contributed by atoms with Crippen molar-refractivity contribution in [2.75, 3.05) is 5.32 Å². The van der Waals surface area contributed by atoms with Crippen molar-refractivity contribution in [1.29, 1.82) is 0 Å². The van der Waals surface area contributed by atoms with Gasteiger partial charge in [0, 0.05) is 18.5 Å². The third kappa shape index (κ3) is 3.10. The first-order valence-corrected chi connectivity index (χ1v) is 6.99. The smallest absolute Gasteiger partial charge is 0.242 e. The van der Waals surface area contributed by atoms with Gasteiger partial charge in [-0.2, -0.15) is 5.10 Å². The van der Waals surface area contributed by atoms with Crippen LogP contribution in [0.5, 0.6) is 0 Å². The molecule has 0 spiro atoms. The zero-order valence-corrected chi connectivity index (χ0v) is 12.0. The van der Waals surface area contributed by atoms with Gasteiger partial charge in [-0.05, 0) is 20.3 Å². The first kappa shape index (κ1) is 13.7. The summed E-state index contributed by atoms with van der Waals surface area (Å²) in [7, 11) is 0. The number of aryl methyl sites for hydroxylation is 2. The molecule has 2 N–H and O–H groups in total. The van der Waals surface area contributed by atoms with Crippen molar-refractivity contribution in [3.8, 4) is 0 Å². The predicted octanol–water partition coefficient (Wildman–Crippen LogP) is 0.506. The van der Waals surface area contributed by atoms with E-state index < -0.39 is 0 Å². The summed E-state index contributed by atoms with van der Waals surface area (Å²) < 4.78 is 6.80. The molecule has 0 fully saturated rings. The van der Waals surface area contributed by atoms with E-state index in [-0.39, 0.29) is 18.0 Å². The molecule has 3 heterocycles. The quantitative estimate of drug-likeness (QED) is 0.851. The number of aromatic nitrogens is 4. The Morgan fingerprint density at radius 3 is 3.19 bits per heavy atom. The second-order valence-corrected chi connectivity index (χ2v) is 5.29. The van der Waals surface area contributed by atoms with Gasteiger partial charge >= 0.3 is 0 Å². The SMILES string of the molecule is Cc1cc(NC(=O)[C@@H](C)N[C@@H]2CCc3ncnn3C2)no1. The molecule has 0 aromatic carbocycles. The Bertz CT molecular complexity index is 634. The molecule has 0 aliphatic carbocycles. The molecular formula is C13H18N6O2. The monoisotopic (exact) mass is 290 g/mol. The number of hydrogen-bond acceptors (Lipinski definition) is 6. The molecular weight excluding hydrogens is 272 g/mol. The minimum absolute atomic E-state index is 0.132. The Balaban J connectivity index is 1.54. The van der Waals surface area contributed by atoms with Gasteiger partial charge < -0.3 is 15.2 Å². The molecule has 1 aliphatic rings. The fraction of sp³-hybridized carbons (Fsp3) is 0.538. The van der Waals surface area contributed by atoms with E-state index >= 15 is 0 Å². The maximum Gasteiger partial charge on any atom is 0.242 e. The van der Waals surface area contributed by atoms with E-state index in [2.05, 4.69) is 25.9 Å². The van der Waals surface area contributed by atoms with E-state index in [0.29, 0.717) is 11.6 Å². The Kier molecular flexibility index (Phi) is 3.70. The Morgan fingerprint density at radius 2 is 2.43 bits per heavy atom. The summed E-state index contributed by atoms with van der Waals surface area (Å²) in [4.78, 5) is 16.3. The zero-order valence-electron chi connectivity index (χ0n) is 12.0. The van der Waals surface area contributed by atoms with Crippen molar-refractivity contribution in [1.82, 2.24) is 25.2 Å². The van der Waals surface area contributed by atoms with Crippen LogP contribution in [-0.4, -0.2) is 37.9 Å². The van der Waals surface area contributed by atoms with Crippen LogP contribution in [0.2, 0.25) is 0 Å². The van der Waals surface area contributed by atoms with E-state index in [4.69, 9.17) is 4.52 Å². The predicted molar refractivity (Wildman–Crippen MR) is 74.6 cm³/mol. The standard InChI is InChI=1S/C13H18N6O2/c1-8-5-11(18-21-8)17-13(20)9(2)16-10-3-4-12-14-7-15-19(12)6-10/h5,7,9-10,16H,3-4,6H2,1-2H3,(H,17,18,20)/t9-,10-/m1/s1. The van der Waals surface area contributed by atoms with E-state index in [9.17, 15) is 4.79 Å². The maximum atomic E-state index is 12.1. The third-order valence-corrected chi connectivity index (χ3v) is 3.56. The van der Waals surface area contributed by atoms with Gasteiger partial charge in [0.15, 0.2) is 5.82 Å². The van der Waals surface area contributed by atoms with Crippen molar-refractivity contribution >= 4 is 11.7 Å². The number of carbonyl (C=O) groups excluding carboxylic acids is 1. The van der Waals surface area contributed by atoms with Crippen LogP contribution in [0.25, 0.3) is 0 Å². The summed E-state index contributed by atoms with van der Waals surface area (Å²) in [5.74, 6) is 1.97. The summed E-state index contributed by atoms with van der Waals surface area (Å²) in [5.41, 5.74) is 0. The number of rotatable bonds is 4. The van der Waals surface area contributed by atoms with Crippen LogP contribution in [0.1, 0.15) is 24.9 Å². The minimum Gasteiger partial charge on any atom is -0.360 e. The molecule has 2 aromatic heterocycles. The highest BCUT2D eigenvalue weighted by Gasteiger charge is 2.23. The highest BCUT2D eigenvalue weighted by molar-refractivity contribution is 5.93. The van der Waals surface area contributed by atoms with Crippen molar-refractivity contribution in [3.63, 3.8) is 0 Å². The molecule has 21 heavy (non-hydrogen) atoms. The van der Waals surface area contributed by atoms with Gasteiger partial charge in [0.25, 0.3) is 0 Å². The van der Waals surface area contributed by atoms with Gasteiger partial charge in [-0.25, -0.2) is 9.67 Å². The van der Waals surface area contributed by atoms with Crippen LogP contribution >= 0.6 is 0 Å². The van der Waals surface area contributed by atoms with E-state index in [1.54, 1.807) is 19.3 Å². The Labute approximate surface area is 121 Å². The van der Waals surface area contributed by atoms with Gasteiger partial charge in [-0.3, -0.25) is 4.79 Å². The molecule has 0 radical (unpaired) electrons. The van der Waals surface area contributed by atoms with Crippen molar-refractivity contribution in [3.05, 3.63) is 24.0 Å². The molecule has 8 heteroatoms. The summed E-state index contributed by atoms with van der Waals surface area (Å²) in [5, 5.41) is 14.0. The summed E-state index contributed by atoms with van der Waals surface area (Å²) in [6.07, 6.45) is 3.38. The number of amides is 1. The third-order valence-electron chi connectivity index (χ3n) is 3.56. The van der Waals surface area contributed by atoms with E-state index in [0.717, 1.165) is 25.2 Å². The van der Waals surface area contributed by atoms with Crippen LogP contribution in [-0.2, 0) is 17.8 Å². The lowest BCUT2D eigenvalue weighted by atomic mass is 10.1. The lowest BCUT2D eigenvalue weighted by Gasteiger charge is -2.26. The molecule has 112 valence electrons. The molecule has 2 aromatic rings. The average molecular weight is 290 g/mol. The first-order chi connectivity index (χ1) is 10.1. The van der Waals surface area contributed by atoms with Crippen molar-refractivity contribution in [2.45, 2.75) is 45.3 Å². The van der Waals surface area contributed by atoms with Gasteiger partial charge in [0.05, 0.1) is 12.6 Å². The molecule has 0 unspecified atom stereocenters. The lowest BCUT2D eigenvalue weighted by molar-refractivity contribution is -0.118. The van der Waals surface area contributed by atoms with Crippen LogP contribution < -0.4 is 10.6 Å². The average Bonchev–Trinajstić information content (AvgIpc) is 3.07. The van der Waals surface area contributed by atoms with Crippen LogP contribution in [0.15, 0.2) is 16.9 Å². The van der Waals surface area contributed by atoms with E-state index in [1.165, 1.54) is 0 Å². The fourth-order valence-electron chi connectivity index (χ4n) is 2.46. The first-order valence-electron chi connectivity index (χ1n) is 6.99. The second-order valence-electron chi connectivity index (χ2n) is 5.29. The van der Waals surface area contributed by atoms with Gasteiger partial charge in [-0.1, -0.05) is 5.16 Å². The van der Waals surface area contributed by atoms with Crippen molar-refractivity contribution in [2.24, 2.45) is 0 Å². The largest absolute Gasteiger partial charge is 0.360 e. The van der Waals surface area contributed by atoms with Gasteiger partial charge in [0.2, 0.25) is 5.91 Å². The number of nitrogens with zero attached hydrogens (tertiary/aromatic N) is 4. The molecule has 1 aliphatic heterocycles. The molecule has 8 nitrogen and oxygen atoms in total. The van der Waals surface area contributed by atoms with Crippen LogP contribution in [0, 0.1) is 6.92 Å². The molecule has 0 bridgehead atoms. The highest BCUT2D eigenvalue weighted by Crippen LogP contribution is 2.12. The Morgan fingerprint density at radius 1 is 1.57 bits per heavy atom. The van der Waals surface area contributed by atoms with Gasteiger partial charge in [0.1, 0.15) is 17.9 Å². The Hall–Kier alpha value is -2.22. The molecule has 3 rings (SSSR count). The minimum atomic E-state index is -0.322. The lowest BCUT2D eigenvalue weighted by Crippen LogP contribution is -2.47.